The lowest BCUT2D eigenvalue weighted by molar-refractivity contribution is 0.204. The lowest BCUT2D eigenvalue weighted by Gasteiger charge is -2.20. The highest BCUT2D eigenvalue weighted by Gasteiger charge is 2.28. The number of carbonyl (C=O) groups excluding carboxylic acids is 1. The Hall–Kier alpha value is -1.63. The van der Waals surface area contributed by atoms with Gasteiger partial charge < -0.3 is 19.6 Å². The van der Waals surface area contributed by atoms with Crippen LogP contribution in [-0.2, 0) is 6.42 Å². The summed E-state index contributed by atoms with van der Waals surface area (Å²) in [5.74, 6) is 1.94. The Labute approximate surface area is 137 Å². The van der Waals surface area contributed by atoms with Crippen molar-refractivity contribution in [2.45, 2.75) is 39.0 Å². The van der Waals surface area contributed by atoms with Crippen LogP contribution in [0.15, 0.2) is 4.52 Å². The fourth-order valence-corrected chi connectivity index (χ4v) is 3.48. The van der Waals surface area contributed by atoms with Crippen LogP contribution in [0.1, 0.15) is 37.4 Å². The highest BCUT2D eigenvalue weighted by atomic mass is 16.5. The van der Waals surface area contributed by atoms with E-state index in [0.29, 0.717) is 30.6 Å². The molecule has 0 spiro atoms. The molecular weight excluding hydrogens is 294 g/mol. The third kappa shape index (κ3) is 4.67. The minimum absolute atomic E-state index is 0.0654. The first-order valence-electron chi connectivity index (χ1n) is 8.75. The predicted octanol–water partition coefficient (Wildman–Crippen LogP) is 1.44. The molecule has 2 amide bonds. The van der Waals surface area contributed by atoms with Gasteiger partial charge in [-0.2, -0.15) is 4.98 Å². The Bertz CT molecular complexity index is 512. The summed E-state index contributed by atoms with van der Waals surface area (Å²) in [6.45, 7) is 7.85. The van der Waals surface area contributed by atoms with Gasteiger partial charge in [0.25, 0.3) is 0 Å². The van der Waals surface area contributed by atoms with Crippen LogP contribution in [0.5, 0.6) is 0 Å². The Morgan fingerprint density at radius 2 is 2.17 bits per heavy atom. The van der Waals surface area contributed by atoms with Crippen molar-refractivity contribution in [2.24, 2.45) is 5.92 Å². The molecular formula is C16H27N5O2. The maximum absolute atomic E-state index is 12.2. The summed E-state index contributed by atoms with van der Waals surface area (Å²) >= 11 is 0. The number of nitrogens with one attached hydrogen (secondary N) is 1. The molecule has 1 aromatic rings. The zero-order chi connectivity index (χ0) is 16.1. The quantitative estimate of drug-likeness (QED) is 0.803. The number of aromatic nitrogens is 2. The number of likely N-dealkylation sites (tertiary alicyclic amines) is 2. The largest absolute Gasteiger partial charge is 0.339 e. The summed E-state index contributed by atoms with van der Waals surface area (Å²) in [6, 6.07) is 0.0654. The molecule has 1 N–H and O–H groups in total. The number of carbonyl (C=O) groups is 1. The third-order valence-corrected chi connectivity index (χ3v) is 4.70. The van der Waals surface area contributed by atoms with Crippen molar-refractivity contribution >= 4 is 6.03 Å². The van der Waals surface area contributed by atoms with Gasteiger partial charge in [0, 0.05) is 32.6 Å². The molecule has 3 heterocycles. The number of amides is 2. The molecule has 3 rings (SSSR count). The minimum atomic E-state index is 0.0654. The molecule has 2 aliphatic heterocycles. The van der Waals surface area contributed by atoms with Crippen LogP contribution >= 0.6 is 0 Å². The van der Waals surface area contributed by atoms with Crippen LogP contribution in [0, 0.1) is 12.8 Å². The van der Waals surface area contributed by atoms with Crippen LogP contribution in [0.25, 0.3) is 0 Å². The summed E-state index contributed by atoms with van der Waals surface area (Å²) < 4.78 is 5.06. The Morgan fingerprint density at radius 1 is 1.35 bits per heavy atom. The van der Waals surface area contributed by atoms with Gasteiger partial charge in [-0.1, -0.05) is 5.16 Å². The lowest BCUT2D eigenvalue weighted by atomic mass is 10.1. The second kappa shape index (κ2) is 7.77. The van der Waals surface area contributed by atoms with E-state index in [-0.39, 0.29) is 6.03 Å². The van der Waals surface area contributed by atoms with Gasteiger partial charge in [-0.05, 0) is 51.6 Å². The van der Waals surface area contributed by atoms with E-state index >= 15 is 0 Å². The van der Waals surface area contributed by atoms with Crippen LogP contribution in [0.3, 0.4) is 0 Å². The molecule has 0 saturated carbocycles. The number of hydrogen-bond donors (Lipinski definition) is 1. The zero-order valence-corrected chi connectivity index (χ0v) is 14.0. The normalized spacial score (nSPS) is 22.0. The van der Waals surface area contributed by atoms with Gasteiger partial charge in [0.05, 0.1) is 0 Å². The second-order valence-electron chi connectivity index (χ2n) is 6.68. The molecule has 2 saturated heterocycles. The van der Waals surface area contributed by atoms with Gasteiger partial charge in [0.2, 0.25) is 5.89 Å². The van der Waals surface area contributed by atoms with Gasteiger partial charge in [-0.25, -0.2) is 4.79 Å². The van der Waals surface area contributed by atoms with Crippen LogP contribution in [0.2, 0.25) is 0 Å². The molecule has 7 heteroatoms. The van der Waals surface area contributed by atoms with E-state index in [2.05, 4.69) is 20.4 Å². The summed E-state index contributed by atoms with van der Waals surface area (Å²) in [7, 11) is 0. The fourth-order valence-electron chi connectivity index (χ4n) is 3.48. The molecule has 1 aromatic heterocycles. The van der Waals surface area contributed by atoms with Gasteiger partial charge in [0.1, 0.15) is 0 Å². The van der Waals surface area contributed by atoms with Crippen molar-refractivity contribution in [3.63, 3.8) is 0 Å². The number of hydrogen-bond acceptors (Lipinski definition) is 5. The first-order valence-corrected chi connectivity index (χ1v) is 8.75. The molecule has 23 heavy (non-hydrogen) atoms. The van der Waals surface area contributed by atoms with Crippen molar-refractivity contribution in [1.82, 2.24) is 25.3 Å². The minimum Gasteiger partial charge on any atom is -0.339 e. The molecule has 0 bridgehead atoms. The van der Waals surface area contributed by atoms with E-state index in [1.807, 2.05) is 4.90 Å². The van der Waals surface area contributed by atoms with Gasteiger partial charge in [-0.15, -0.1) is 0 Å². The second-order valence-corrected chi connectivity index (χ2v) is 6.68. The first-order chi connectivity index (χ1) is 11.2. The topological polar surface area (TPSA) is 74.5 Å². The molecule has 0 aliphatic carbocycles. The summed E-state index contributed by atoms with van der Waals surface area (Å²) in [6.07, 6.45) is 5.31. The predicted molar refractivity (Wildman–Crippen MR) is 86.1 cm³/mol. The van der Waals surface area contributed by atoms with E-state index in [0.717, 1.165) is 32.5 Å². The van der Waals surface area contributed by atoms with Crippen molar-refractivity contribution in [2.75, 3.05) is 39.3 Å². The number of urea groups is 1. The van der Waals surface area contributed by atoms with E-state index in [4.69, 9.17) is 4.52 Å². The molecule has 7 nitrogen and oxygen atoms in total. The molecule has 0 aromatic carbocycles. The first kappa shape index (κ1) is 16.2. The summed E-state index contributed by atoms with van der Waals surface area (Å²) in [5, 5.41) is 6.76. The molecule has 1 unspecified atom stereocenters. The Kier molecular flexibility index (Phi) is 5.48. The smallest absolute Gasteiger partial charge is 0.317 e. The maximum Gasteiger partial charge on any atom is 0.317 e. The van der Waals surface area contributed by atoms with E-state index < -0.39 is 0 Å². The van der Waals surface area contributed by atoms with Crippen molar-refractivity contribution in [1.29, 1.82) is 0 Å². The molecule has 0 radical (unpaired) electrons. The third-order valence-electron chi connectivity index (χ3n) is 4.70. The van der Waals surface area contributed by atoms with Gasteiger partial charge in [0.15, 0.2) is 5.82 Å². The van der Waals surface area contributed by atoms with Crippen LogP contribution in [0.4, 0.5) is 4.79 Å². The molecule has 2 aliphatic rings. The van der Waals surface area contributed by atoms with E-state index in [9.17, 15) is 4.79 Å². The van der Waals surface area contributed by atoms with E-state index in [1.165, 1.54) is 25.9 Å². The van der Waals surface area contributed by atoms with E-state index in [1.54, 1.807) is 6.92 Å². The highest BCUT2D eigenvalue weighted by Crippen LogP contribution is 2.19. The SMILES string of the molecule is Cc1noc(CCCNC(=O)N2CCC(CN3CCCC3)C2)n1. The maximum atomic E-state index is 12.2. The van der Waals surface area contributed by atoms with Crippen molar-refractivity contribution in [3.8, 4) is 0 Å². The molecule has 1 atom stereocenters. The number of aryl methyl sites for hydroxylation is 2. The molecule has 2 fully saturated rings. The number of rotatable bonds is 6. The van der Waals surface area contributed by atoms with Gasteiger partial charge >= 0.3 is 6.03 Å². The Morgan fingerprint density at radius 3 is 2.91 bits per heavy atom. The van der Waals surface area contributed by atoms with Crippen LogP contribution < -0.4 is 5.32 Å². The number of nitrogens with zero attached hydrogens (tertiary/aromatic N) is 4. The summed E-state index contributed by atoms with van der Waals surface area (Å²) in [5.41, 5.74) is 0. The molecule has 128 valence electrons. The average molecular weight is 321 g/mol. The van der Waals surface area contributed by atoms with Crippen molar-refractivity contribution < 1.29 is 9.32 Å². The lowest BCUT2D eigenvalue weighted by Crippen LogP contribution is -2.39. The summed E-state index contributed by atoms with van der Waals surface area (Å²) in [4.78, 5) is 20.8. The van der Waals surface area contributed by atoms with Gasteiger partial charge in [-0.3, -0.25) is 0 Å². The monoisotopic (exact) mass is 321 g/mol. The van der Waals surface area contributed by atoms with Crippen LogP contribution in [-0.4, -0.2) is 65.2 Å². The Balaban J connectivity index is 1.31. The highest BCUT2D eigenvalue weighted by molar-refractivity contribution is 5.74. The fraction of sp³-hybridized carbons (Fsp3) is 0.812. The zero-order valence-electron chi connectivity index (χ0n) is 14.0. The average Bonchev–Trinajstić information content (AvgIpc) is 3.26. The van der Waals surface area contributed by atoms with Crippen molar-refractivity contribution in [3.05, 3.63) is 11.7 Å². The standard InChI is InChI=1S/C16H27N5O2/c1-13-18-15(23-19-13)5-4-7-17-16(22)21-10-6-14(12-21)11-20-8-2-3-9-20/h14H,2-12H2,1H3,(H,17,22).